The maximum Gasteiger partial charge on any atom is 0.255 e. The molecule has 1 atom stereocenters. The van der Waals surface area contributed by atoms with Crippen molar-refractivity contribution in [3.63, 3.8) is 0 Å². The van der Waals surface area contributed by atoms with Crippen LogP contribution in [0.25, 0.3) is 11.3 Å². The number of hydrogen-bond donors (Lipinski definition) is 2. The average molecular weight is 347 g/mol. The fraction of sp³-hybridized carbons (Fsp3) is 0.158. The quantitative estimate of drug-likeness (QED) is 0.754. The van der Waals surface area contributed by atoms with Crippen LogP contribution in [-0.4, -0.2) is 26.5 Å². The molecule has 7 heteroatoms. The number of fused-ring (bicyclic) bond motifs is 1. The summed E-state index contributed by atoms with van der Waals surface area (Å²) < 4.78 is 1.40. The van der Waals surface area contributed by atoms with Gasteiger partial charge in [0.1, 0.15) is 6.04 Å². The maximum absolute atomic E-state index is 12.4. The average Bonchev–Trinajstić information content (AvgIpc) is 2.66. The van der Waals surface area contributed by atoms with Crippen LogP contribution in [0.1, 0.15) is 5.56 Å². The Balaban J connectivity index is 1.67. The van der Waals surface area contributed by atoms with Gasteiger partial charge >= 0.3 is 0 Å². The van der Waals surface area contributed by atoms with Gasteiger partial charge in [-0.05, 0) is 23.8 Å². The highest BCUT2D eigenvalue weighted by atomic mass is 16.2. The van der Waals surface area contributed by atoms with E-state index in [1.54, 1.807) is 31.6 Å². The van der Waals surface area contributed by atoms with Gasteiger partial charge in [0, 0.05) is 43.2 Å². The predicted octanol–water partition coefficient (Wildman–Crippen LogP) is 1.82. The molecule has 7 nitrogen and oxygen atoms in total. The first-order valence-corrected chi connectivity index (χ1v) is 8.25. The first-order valence-electron chi connectivity index (χ1n) is 8.25. The number of pyridine rings is 1. The number of rotatable bonds is 3. The molecule has 3 aromatic rings. The van der Waals surface area contributed by atoms with Gasteiger partial charge in [-0.3, -0.25) is 19.1 Å². The molecule has 1 aromatic carbocycles. The first-order chi connectivity index (χ1) is 12.6. The molecule has 1 aliphatic heterocycles. The van der Waals surface area contributed by atoms with Gasteiger partial charge in [0.15, 0.2) is 0 Å². The molecule has 0 aliphatic carbocycles. The Hall–Kier alpha value is -3.48. The number of para-hydroxylation sites is 1. The smallest absolute Gasteiger partial charge is 0.255 e. The lowest BCUT2D eigenvalue weighted by Crippen LogP contribution is -2.41. The van der Waals surface area contributed by atoms with E-state index in [4.69, 9.17) is 0 Å². The Labute approximate surface area is 149 Å². The van der Waals surface area contributed by atoms with Crippen LogP contribution in [-0.2, 0) is 18.3 Å². The molecule has 1 aliphatic rings. The van der Waals surface area contributed by atoms with E-state index in [9.17, 15) is 9.59 Å². The predicted molar refractivity (Wildman–Crippen MR) is 98.9 cm³/mol. The summed E-state index contributed by atoms with van der Waals surface area (Å²) in [6, 6.07) is 12.2. The van der Waals surface area contributed by atoms with Gasteiger partial charge in [-0.15, -0.1) is 0 Å². The molecular weight excluding hydrogens is 330 g/mol. The van der Waals surface area contributed by atoms with E-state index in [0.29, 0.717) is 18.1 Å². The molecule has 2 N–H and O–H groups in total. The summed E-state index contributed by atoms with van der Waals surface area (Å²) in [4.78, 5) is 33.2. The summed E-state index contributed by atoms with van der Waals surface area (Å²) in [5, 5.41) is 6.00. The van der Waals surface area contributed by atoms with Crippen molar-refractivity contribution in [1.29, 1.82) is 0 Å². The van der Waals surface area contributed by atoms with E-state index in [0.717, 1.165) is 16.8 Å². The van der Waals surface area contributed by atoms with E-state index in [-0.39, 0.29) is 11.5 Å². The van der Waals surface area contributed by atoms with Crippen molar-refractivity contribution < 1.29 is 4.79 Å². The molecule has 0 spiro atoms. The van der Waals surface area contributed by atoms with Gasteiger partial charge < -0.3 is 10.6 Å². The highest BCUT2D eigenvalue weighted by Crippen LogP contribution is 2.24. The lowest BCUT2D eigenvalue weighted by molar-refractivity contribution is -0.117. The van der Waals surface area contributed by atoms with E-state index in [1.807, 2.05) is 24.3 Å². The molecule has 130 valence electrons. The van der Waals surface area contributed by atoms with Crippen LogP contribution >= 0.6 is 0 Å². The van der Waals surface area contributed by atoms with Crippen molar-refractivity contribution in [3.05, 3.63) is 70.8 Å². The van der Waals surface area contributed by atoms with Crippen molar-refractivity contribution in [2.75, 3.05) is 10.6 Å². The summed E-state index contributed by atoms with van der Waals surface area (Å²) in [6.45, 7) is 0. The van der Waals surface area contributed by atoms with E-state index >= 15 is 0 Å². The third-order valence-electron chi connectivity index (χ3n) is 4.43. The van der Waals surface area contributed by atoms with Crippen molar-refractivity contribution in [1.82, 2.24) is 14.5 Å². The van der Waals surface area contributed by atoms with Gasteiger partial charge in [0.2, 0.25) is 11.9 Å². The lowest BCUT2D eigenvalue weighted by atomic mass is 9.99. The number of amides is 1. The molecule has 0 saturated heterocycles. The van der Waals surface area contributed by atoms with Crippen molar-refractivity contribution in [3.8, 4) is 11.3 Å². The molecule has 0 saturated carbocycles. The second kappa shape index (κ2) is 6.44. The maximum atomic E-state index is 12.4. The fourth-order valence-electron chi connectivity index (χ4n) is 2.96. The number of carbonyl (C=O) groups is 1. The number of carbonyl (C=O) groups excluding carboxylic acids is 1. The first kappa shape index (κ1) is 16.0. The zero-order valence-corrected chi connectivity index (χ0v) is 14.1. The molecule has 0 unspecified atom stereocenters. The summed E-state index contributed by atoms with van der Waals surface area (Å²) in [6.07, 6.45) is 3.82. The summed E-state index contributed by atoms with van der Waals surface area (Å²) in [5.41, 5.74) is 2.99. The standard InChI is InChI=1S/C19H17N5O2/c1-24-17(25)11-15(12-6-8-20-9-7-12)22-19(24)23-16-10-13-4-2-3-5-14(13)21-18(16)26/h2-9,11,16H,10H2,1H3,(H,21,26)(H,22,23)/t16-/m0/s1. The Kier molecular flexibility index (Phi) is 3.96. The van der Waals surface area contributed by atoms with Crippen LogP contribution in [0.3, 0.4) is 0 Å². The zero-order valence-electron chi connectivity index (χ0n) is 14.1. The van der Waals surface area contributed by atoms with E-state index in [2.05, 4.69) is 20.6 Å². The van der Waals surface area contributed by atoms with Crippen molar-refractivity contribution >= 4 is 17.5 Å². The summed E-state index contributed by atoms with van der Waals surface area (Å²) in [5.74, 6) is 0.205. The molecule has 0 radical (unpaired) electrons. The lowest BCUT2D eigenvalue weighted by Gasteiger charge is -2.26. The van der Waals surface area contributed by atoms with Gasteiger partial charge in [-0.2, -0.15) is 0 Å². The minimum absolute atomic E-state index is 0.146. The molecule has 0 bridgehead atoms. The largest absolute Gasteiger partial charge is 0.343 e. The van der Waals surface area contributed by atoms with Crippen LogP contribution in [0.5, 0.6) is 0 Å². The number of nitrogens with one attached hydrogen (secondary N) is 2. The number of nitrogens with zero attached hydrogens (tertiary/aromatic N) is 3. The highest BCUT2D eigenvalue weighted by Gasteiger charge is 2.26. The monoisotopic (exact) mass is 347 g/mol. The number of hydrogen-bond acceptors (Lipinski definition) is 5. The van der Waals surface area contributed by atoms with Crippen LogP contribution < -0.4 is 16.2 Å². The molecule has 3 heterocycles. The molecule has 2 aromatic heterocycles. The van der Waals surface area contributed by atoms with Crippen molar-refractivity contribution in [2.45, 2.75) is 12.5 Å². The third-order valence-corrected chi connectivity index (χ3v) is 4.43. The Bertz CT molecular complexity index is 1030. The molecular formula is C19H17N5O2. The molecule has 0 fully saturated rings. The SMILES string of the molecule is Cn1c(N[C@H]2Cc3ccccc3NC2=O)nc(-c2ccncc2)cc1=O. The third kappa shape index (κ3) is 2.95. The van der Waals surface area contributed by atoms with Crippen LogP contribution in [0.2, 0.25) is 0 Å². The Morgan fingerprint density at radius 1 is 1.15 bits per heavy atom. The van der Waals surface area contributed by atoms with Crippen molar-refractivity contribution in [2.24, 2.45) is 7.05 Å². The second-order valence-electron chi connectivity index (χ2n) is 6.15. The second-order valence-corrected chi connectivity index (χ2v) is 6.15. The minimum Gasteiger partial charge on any atom is -0.343 e. The molecule has 26 heavy (non-hydrogen) atoms. The van der Waals surface area contributed by atoms with Gasteiger partial charge in [-0.1, -0.05) is 18.2 Å². The number of anilines is 2. The van der Waals surface area contributed by atoms with E-state index < -0.39 is 6.04 Å². The molecule has 4 rings (SSSR count). The van der Waals surface area contributed by atoms with Gasteiger partial charge in [0.05, 0.1) is 5.69 Å². The van der Waals surface area contributed by atoms with E-state index in [1.165, 1.54) is 10.6 Å². The van der Waals surface area contributed by atoms with Gasteiger partial charge in [0.25, 0.3) is 5.56 Å². The number of aromatic nitrogens is 3. The fourth-order valence-corrected chi connectivity index (χ4v) is 2.96. The number of benzene rings is 1. The van der Waals surface area contributed by atoms with Crippen LogP contribution in [0.15, 0.2) is 59.7 Å². The highest BCUT2D eigenvalue weighted by molar-refractivity contribution is 5.99. The summed E-state index contributed by atoms with van der Waals surface area (Å²) in [7, 11) is 1.63. The van der Waals surface area contributed by atoms with Gasteiger partial charge in [-0.25, -0.2) is 4.98 Å². The van der Waals surface area contributed by atoms with Crippen LogP contribution in [0.4, 0.5) is 11.6 Å². The van der Waals surface area contributed by atoms with Crippen LogP contribution in [0, 0.1) is 0 Å². The zero-order chi connectivity index (χ0) is 18.1. The normalized spacial score (nSPS) is 15.9. The summed E-state index contributed by atoms with van der Waals surface area (Å²) >= 11 is 0. The Morgan fingerprint density at radius 2 is 1.92 bits per heavy atom. The Morgan fingerprint density at radius 3 is 2.73 bits per heavy atom. The topological polar surface area (TPSA) is 88.9 Å². The molecule has 1 amide bonds. The minimum atomic E-state index is -0.504.